The van der Waals surface area contributed by atoms with Gasteiger partial charge in [0, 0.05) is 42.1 Å². The molecule has 1 saturated heterocycles. The SMILES string of the molecule is CS(=O)(=O)Oc1cccc(C2CCOC2)c1.[Na]. The van der Waals surface area contributed by atoms with Gasteiger partial charge in [0.25, 0.3) is 0 Å². The van der Waals surface area contributed by atoms with Crippen molar-refractivity contribution in [3.63, 3.8) is 0 Å². The van der Waals surface area contributed by atoms with Crippen LogP contribution in [0.5, 0.6) is 5.75 Å². The van der Waals surface area contributed by atoms with Gasteiger partial charge in [-0.3, -0.25) is 0 Å². The van der Waals surface area contributed by atoms with Gasteiger partial charge >= 0.3 is 10.1 Å². The Morgan fingerprint density at radius 1 is 1.41 bits per heavy atom. The maximum atomic E-state index is 11.0. The Morgan fingerprint density at radius 3 is 2.76 bits per heavy atom. The minimum atomic E-state index is -3.45. The molecule has 2 rings (SSSR count). The van der Waals surface area contributed by atoms with E-state index in [1.54, 1.807) is 18.2 Å². The molecule has 1 aliphatic rings. The van der Waals surface area contributed by atoms with Crippen molar-refractivity contribution in [1.82, 2.24) is 0 Å². The van der Waals surface area contributed by atoms with Crippen molar-refractivity contribution in [2.75, 3.05) is 19.5 Å². The second-order valence-corrected chi connectivity index (χ2v) is 5.50. The minimum Gasteiger partial charge on any atom is -0.383 e. The number of ether oxygens (including phenoxy) is 1. The molecular weight excluding hydrogens is 251 g/mol. The Kier molecular flexibility index (Phi) is 5.47. The maximum absolute atomic E-state index is 11.0. The van der Waals surface area contributed by atoms with E-state index in [0.717, 1.165) is 24.8 Å². The Balaban J connectivity index is 0.00000144. The van der Waals surface area contributed by atoms with Crippen LogP contribution < -0.4 is 4.18 Å². The molecule has 1 unspecified atom stereocenters. The Hall–Kier alpha value is -0.0700. The van der Waals surface area contributed by atoms with Crippen LogP contribution in [0.3, 0.4) is 0 Å². The summed E-state index contributed by atoms with van der Waals surface area (Å²) in [5, 5.41) is 0. The summed E-state index contributed by atoms with van der Waals surface area (Å²) in [4.78, 5) is 0. The quantitative estimate of drug-likeness (QED) is 0.607. The number of rotatable bonds is 3. The van der Waals surface area contributed by atoms with Gasteiger partial charge in [-0.15, -0.1) is 0 Å². The summed E-state index contributed by atoms with van der Waals surface area (Å²) < 4.78 is 32.1. The Labute approximate surface area is 124 Å². The molecule has 1 aromatic rings. The van der Waals surface area contributed by atoms with Crippen molar-refractivity contribution in [2.24, 2.45) is 0 Å². The van der Waals surface area contributed by atoms with Gasteiger partial charge in [-0.2, -0.15) is 8.42 Å². The molecule has 0 aliphatic carbocycles. The third-order valence-corrected chi connectivity index (χ3v) is 3.00. The van der Waals surface area contributed by atoms with Gasteiger partial charge in [0.05, 0.1) is 12.9 Å². The molecule has 1 heterocycles. The third-order valence-electron chi connectivity index (χ3n) is 2.51. The fourth-order valence-electron chi connectivity index (χ4n) is 1.79. The first kappa shape index (κ1) is 15.0. The van der Waals surface area contributed by atoms with Crippen LogP contribution in [-0.4, -0.2) is 57.4 Å². The van der Waals surface area contributed by atoms with E-state index in [4.69, 9.17) is 8.92 Å². The third kappa shape index (κ3) is 4.60. The van der Waals surface area contributed by atoms with Crippen LogP contribution in [0, 0.1) is 0 Å². The molecule has 17 heavy (non-hydrogen) atoms. The van der Waals surface area contributed by atoms with Crippen molar-refractivity contribution >= 4 is 39.7 Å². The monoisotopic (exact) mass is 265 g/mol. The van der Waals surface area contributed by atoms with E-state index in [2.05, 4.69) is 0 Å². The first-order valence-electron chi connectivity index (χ1n) is 5.12. The van der Waals surface area contributed by atoms with Crippen molar-refractivity contribution in [3.05, 3.63) is 29.8 Å². The maximum Gasteiger partial charge on any atom is 0.306 e. The number of hydrogen-bond acceptors (Lipinski definition) is 4. The predicted molar refractivity (Wildman–Crippen MR) is 65.8 cm³/mol. The first-order valence-corrected chi connectivity index (χ1v) is 6.93. The van der Waals surface area contributed by atoms with Crippen LogP contribution in [0.2, 0.25) is 0 Å². The summed E-state index contributed by atoms with van der Waals surface area (Å²) in [6, 6.07) is 7.17. The molecule has 0 N–H and O–H groups in total. The zero-order chi connectivity index (χ0) is 11.6. The van der Waals surface area contributed by atoms with E-state index in [9.17, 15) is 8.42 Å². The van der Waals surface area contributed by atoms with Crippen LogP contribution >= 0.6 is 0 Å². The minimum absolute atomic E-state index is 0. The molecule has 0 amide bonds. The van der Waals surface area contributed by atoms with Crippen LogP contribution in [0.25, 0.3) is 0 Å². The van der Waals surface area contributed by atoms with Crippen LogP contribution in [-0.2, 0) is 14.9 Å². The molecule has 1 fully saturated rings. The summed E-state index contributed by atoms with van der Waals surface area (Å²) in [7, 11) is -3.45. The summed E-state index contributed by atoms with van der Waals surface area (Å²) >= 11 is 0. The van der Waals surface area contributed by atoms with Crippen LogP contribution in [0.4, 0.5) is 0 Å². The fraction of sp³-hybridized carbons (Fsp3) is 0.455. The molecule has 1 aliphatic heterocycles. The van der Waals surface area contributed by atoms with E-state index in [0.29, 0.717) is 18.3 Å². The number of benzene rings is 1. The summed E-state index contributed by atoms with van der Waals surface area (Å²) in [6.45, 7) is 1.46. The van der Waals surface area contributed by atoms with Gasteiger partial charge in [-0.1, -0.05) is 12.1 Å². The molecule has 0 bridgehead atoms. The van der Waals surface area contributed by atoms with Gasteiger partial charge in [0.15, 0.2) is 0 Å². The molecule has 89 valence electrons. The van der Waals surface area contributed by atoms with Crippen LogP contribution in [0.1, 0.15) is 17.9 Å². The largest absolute Gasteiger partial charge is 0.383 e. The molecule has 6 heteroatoms. The molecule has 1 atom stereocenters. The van der Waals surface area contributed by atoms with E-state index >= 15 is 0 Å². The summed E-state index contributed by atoms with van der Waals surface area (Å²) in [5.41, 5.74) is 1.07. The summed E-state index contributed by atoms with van der Waals surface area (Å²) in [5.74, 6) is 0.718. The molecule has 4 nitrogen and oxygen atoms in total. The van der Waals surface area contributed by atoms with Crippen molar-refractivity contribution in [2.45, 2.75) is 12.3 Å². The smallest absolute Gasteiger partial charge is 0.306 e. The number of hydrogen-bond donors (Lipinski definition) is 0. The standard InChI is InChI=1S/C11H14O4S.Na/c1-16(12,13)15-11-4-2-3-9(7-11)10-5-6-14-8-10;/h2-4,7,10H,5-6,8H2,1H3;. The topological polar surface area (TPSA) is 52.6 Å². The van der Waals surface area contributed by atoms with Crippen LogP contribution in [0.15, 0.2) is 24.3 Å². The van der Waals surface area contributed by atoms with Gasteiger partial charge < -0.3 is 8.92 Å². The van der Waals surface area contributed by atoms with Gasteiger partial charge in [-0.25, -0.2) is 0 Å². The Bertz CT molecular complexity index is 466. The zero-order valence-electron chi connectivity index (χ0n) is 10.0. The van der Waals surface area contributed by atoms with E-state index < -0.39 is 10.1 Å². The molecule has 0 spiro atoms. The molecule has 1 radical (unpaired) electrons. The second-order valence-electron chi connectivity index (χ2n) is 3.92. The van der Waals surface area contributed by atoms with Gasteiger partial charge in [0.2, 0.25) is 0 Å². The fourth-order valence-corrected chi connectivity index (χ4v) is 2.25. The Morgan fingerprint density at radius 2 is 2.18 bits per heavy atom. The first-order chi connectivity index (χ1) is 7.54. The second kappa shape index (κ2) is 6.20. The van der Waals surface area contributed by atoms with Gasteiger partial charge in [0.1, 0.15) is 5.75 Å². The summed E-state index contributed by atoms with van der Waals surface area (Å²) in [6.07, 6.45) is 2.01. The predicted octanol–water partition coefficient (Wildman–Crippen LogP) is 1.15. The molecule has 0 aromatic heterocycles. The molecular formula is C11H14NaO4S. The van der Waals surface area contributed by atoms with Crippen molar-refractivity contribution in [3.8, 4) is 5.75 Å². The van der Waals surface area contributed by atoms with Gasteiger partial charge in [-0.05, 0) is 24.1 Å². The van der Waals surface area contributed by atoms with Crippen molar-refractivity contribution in [1.29, 1.82) is 0 Å². The molecule has 1 aromatic carbocycles. The normalized spacial score (nSPS) is 19.7. The van der Waals surface area contributed by atoms with E-state index in [1.165, 1.54) is 0 Å². The van der Waals surface area contributed by atoms with Crippen molar-refractivity contribution < 1.29 is 17.3 Å². The molecule has 0 saturated carbocycles. The zero-order valence-corrected chi connectivity index (χ0v) is 12.9. The average Bonchev–Trinajstić information content (AvgIpc) is 2.68. The van der Waals surface area contributed by atoms with E-state index in [1.807, 2.05) is 6.07 Å². The average molecular weight is 265 g/mol. The van der Waals surface area contributed by atoms with E-state index in [-0.39, 0.29) is 29.6 Å².